The lowest BCUT2D eigenvalue weighted by Crippen LogP contribution is -2.31. The predicted octanol–water partition coefficient (Wildman–Crippen LogP) is 1.94. The van der Waals surface area contributed by atoms with Gasteiger partial charge in [0.2, 0.25) is 0 Å². The minimum Gasteiger partial charge on any atom is -0.370 e. The lowest BCUT2D eigenvalue weighted by Gasteiger charge is -2.23. The molecule has 0 bridgehead atoms. The molecule has 5 heteroatoms. The first kappa shape index (κ1) is 14.2. The fourth-order valence-electron chi connectivity index (χ4n) is 2.57. The first-order chi connectivity index (χ1) is 10.2. The summed E-state index contributed by atoms with van der Waals surface area (Å²) in [4.78, 5) is 4.35. The molecule has 3 heterocycles. The zero-order valence-electron chi connectivity index (χ0n) is 12.6. The van der Waals surface area contributed by atoms with Gasteiger partial charge in [0, 0.05) is 25.0 Å². The quantitative estimate of drug-likeness (QED) is 0.912. The van der Waals surface area contributed by atoms with Crippen LogP contribution in [0.4, 0.5) is 0 Å². The fraction of sp³-hybridized carbons (Fsp3) is 0.500. The lowest BCUT2D eigenvalue weighted by molar-refractivity contribution is 0.0383. The molecule has 1 aliphatic rings. The van der Waals surface area contributed by atoms with Crippen molar-refractivity contribution in [3.8, 4) is 0 Å². The molecule has 0 fully saturated rings. The van der Waals surface area contributed by atoms with Gasteiger partial charge in [-0.05, 0) is 24.1 Å². The van der Waals surface area contributed by atoms with Crippen LogP contribution in [0.3, 0.4) is 0 Å². The number of rotatable bonds is 5. The number of fused-ring (bicyclic) bond motifs is 1. The van der Waals surface area contributed by atoms with Crippen molar-refractivity contribution in [1.29, 1.82) is 0 Å². The van der Waals surface area contributed by atoms with Gasteiger partial charge in [0.25, 0.3) is 0 Å². The third kappa shape index (κ3) is 3.49. The first-order valence-corrected chi connectivity index (χ1v) is 7.53. The van der Waals surface area contributed by atoms with E-state index in [0.29, 0.717) is 12.6 Å². The Morgan fingerprint density at radius 3 is 3.10 bits per heavy atom. The highest BCUT2D eigenvalue weighted by Crippen LogP contribution is 2.25. The van der Waals surface area contributed by atoms with Gasteiger partial charge in [-0.15, -0.1) is 0 Å². The van der Waals surface area contributed by atoms with Crippen molar-refractivity contribution in [2.45, 2.75) is 39.0 Å². The number of pyridine rings is 1. The highest BCUT2D eigenvalue weighted by atomic mass is 16.5. The van der Waals surface area contributed by atoms with Crippen LogP contribution in [0, 0.1) is 0 Å². The van der Waals surface area contributed by atoms with E-state index in [9.17, 15) is 0 Å². The van der Waals surface area contributed by atoms with Gasteiger partial charge in [0.1, 0.15) is 6.10 Å². The highest BCUT2D eigenvalue weighted by Gasteiger charge is 2.24. The van der Waals surface area contributed by atoms with Crippen molar-refractivity contribution < 1.29 is 4.74 Å². The molecule has 3 rings (SSSR count). The Balaban J connectivity index is 1.74. The van der Waals surface area contributed by atoms with Gasteiger partial charge < -0.3 is 10.1 Å². The summed E-state index contributed by atoms with van der Waals surface area (Å²) in [6.07, 6.45) is 4.95. The molecule has 0 aliphatic carbocycles. The Kier molecular flexibility index (Phi) is 4.31. The van der Waals surface area contributed by atoms with Gasteiger partial charge in [-0.3, -0.25) is 9.67 Å². The normalized spacial score (nSPS) is 18.0. The van der Waals surface area contributed by atoms with Crippen molar-refractivity contribution in [2.24, 2.45) is 0 Å². The van der Waals surface area contributed by atoms with Crippen LogP contribution in [-0.4, -0.2) is 34.0 Å². The maximum Gasteiger partial charge on any atom is 0.114 e. The molecule has 0 saturated heterocycles. The number of ether oxygens (including phenoxy) is 1. The Labute approximate surface area is 125 Å². The standard InChI is InChI=1S/C16H22N4O/c1-12(2)18-9-15-16-13(6-8-21-15)10-20(19-16)11-14-5-3-4-7-17-14/h3-5,7,10,12,15,18H,6,8-9,11H2,1-2H3/t15-/m1/s1. The molecular weight excluding hydrogens is 264 g/mol. The Morgan fingerprint density at radius 2 is 2.33 bits per heavy atom. The largest absolute Gasteiger partial charge is 0.370 e. The van der Waals surface area contributed by atoms with Crippen molar-refractivity contribution in [3.05, 3.63) is 47.5 Å². The van der Waals surface area contributed by atoms with E-state index in [0.717, 1.165) is 31.0 Å². The Bertz CT molecular complexity index is 579. The zero-order valence-corrected chi connectivity index (χ0v) is 12.6. The number of nitrogens with zero attached hydrogens (tertiary/aromatic N) is 3. The van der Waals surface area contributed by atoms with Crippen LogP contribution in [0.1, 0.15) is 36.9 Å². The van der Waals surface area contributed by atoms with Gasteiger partial charge in [0.15, 0.2) is 0 Å². The van der Waals surface area contributed by atoms with Gasteiger partial charge in [-0.2, -0.15) is 5.10 Å². The smallest absolute Gasteiger partial charge is 0.114 e. The highest BCUT2D eigenvalue weighted by molar-refractivity contribution is 5.23. The third-order valence-corrected chi connectivity index (χ3v) is 3.63. The maximum atomic E-state index is 5.86. The predicted molar refractivity (Wildman–Crippen MR) is 81.1 cm³/mol. The van der Waals surface area contributed by atoms with Crippen molar-refractivity contribution in [2.75, 3.05) is 13.2 Å². The Morgan fingerprint density at radius 1 is 1.43 bits per heavy atom. The van der Waals surface area contributed by atoms with Crippen molar-refractivity contribution >= 4 is 0 Å². The summed E-state index contributed by atoms with van der Waals surface area (Å²) in [6.45, 7) is 6.57. The molecule has 5 nitrogen and oxygen atoms in total. The number of hydrogen-bond acceptors (Lipinski definition) is 4. The monoisotopic (exact) mass is 286 g/mol. The minimum atomic E-state index is 0.0566. The summed E-state index contributed by atoms with van der Waals surface area (Å²) in [5.41, 5.74) is 3.40. The molecule has 112 valence electrons. The molecule has 0 saturated carbocycles. The van der Waals surface area contributed by atoms with E-state index in [2.05, 4.69) is 30.3 Å². The second-order valence-electron chi connectivity index (χ2n) is 5.73. The summed E-state index contributed by atoms with van der Waals surface area (Å²) in [6, 6.07) is 6.41. The molecule has 1 atom stereocenters. The van der Waals surface area contributed by atoms with E-state index >= 15 is 0 Å². The number of hydrogen-bond donors (Lipinski definition) is 1. The van der Waals surface area contributed by atoms with Gasteiger partial charge >= 0.3 is 0 Å². The zero-order chi connectivity index (χ0) is 14.7. The van der Waals surface area contributed by atoms with Crippen LogP contribution in [-0.2, 0) is 17.7 Å². The number of nitrogens with one attached hydrogen (secondary N) is 1. The van der Waals surface area contributed by atoms with E-state index in [-0.39, 0.29) is 6.10 Å². The van der Waals surface area contributed by atoms with Gasteiger partial charge in [-0.1, -0.05) is 19.9 Å². The topological polar surface area (TPSA) is 52.0 Å². The van der Waals surface area contributed by atoms with E-state index in [1.165, 1.54) is 5.56 Å². The molecule has 0 aromatic carbocycles. The molecular formula is C16H22N4O. The maximum absolute atomic E-state index is 5.86. The van der Waals surface area contributed by atoms with Crippen molar-refractivity contribution in [3.63, 3.8) is 0 Å². The van der Waals surface area contributed by atoms with Crippen LogP contribution < -0.4 is 5.32 Å². The van der Waals surface area contributed by atoms with Crippen LogP contribution in [0.5, 0.6) is 0 Å². The summed E-state index contributed by atoms with van der Waals surface area (Å²) in [5.74, 6) is 0. The first-order valence-electron chi connectivity index (χ1n) is 7.53. The average molecular weight is 286 g/mol. The summed E-state index contributed by atoms with van der Waals surface area (Å²) >= 11 is 0. The second kappa shape index (κ2) is 6.37. The fourth-order valence-corrected chi connectivity index (χ4v) is 2.57. The van der Waals surface area contributed by atoms with Gasteiger partial charge in [0.05, 0.1) is 24.5 Å². The molecule has 1 N–H and O–H groups in total. The van der Waals surface area contributed by atoms with E-state index in [1.807, 2.05) is 29.1 Å². The summed E-state index contributed by atoms with van der Waals surface area (Å²) in [5, 5.41) is 8.15. The minimum absolute atomic E-state index is 0.0566. The molecule has 21 heavy (non-hydrogen) atoms. The SMILES string of the molecule is CC(C)NC[C@H]1OCCc2cn(Cc3ccccn3)nc21. The average Bonchev–Trinajstić information content (AvgIpc) is 2.89. The summed E-state index contributed by atoms with van der Waals surface area (Å²) < 4.78 is 7.84. The van der Waals surface area contributed by atoms with Crippen LogP contribution in [0.15, 0.2) is 30.6 Å². The van der Waals surface area contributed by atoms with E-state index in [1.54, 1.807) is 0 Å². The molecule has 0 spiro atoms. The Hall–Kier alpha value is -1.72. The van der Waals surface area contributed by atoms with Gasteiger partial charge in [-0.25, -0.2) is 0 Å². The van der Waals surface area contributed by atoms with Crippen LogP contribution in [0.2, 0.25) is 0 Å². The molecule has 0 amide bonds. The number of aromatic nitrogens is 3. The van der Waals surface area contributed by atoms with Crippen molar-refractivity contribution in [1.82, 2.24) is 20.1 Å². The second-order valence-corrected chi connectivity index (χ2v) is 5.73. The molecule has 0 unspecified atom stereocenters. The lowest BCUT2D eigenvalue weighted by atomic mass is 10.1. The molecule has 2 aromatic rings. The third-order valence-electron chi connectivity index (χ3n) is 3.63. The molecule has 1 aliphatic heterocycles. The van der Waals surface area contributed by atoms with Crippen LogP contribution >= 0.6 is 0 Å². The van der Waals surface area contributed by atoms with Crippen LogP contribution in [0.25, 0.3) is 0 Å². The van der Waals surface area contributed by atoms with E-state index in [4.69, 9.17) is 9.84 Å². The molecule has 2 aromatic heterocycles. The van der Waals surface area contributed by atoms with E-state index < -0.39 is 0 Å². The molecule has 0 radical (unpaired) electrons. The summed E-state index contributed by atoms with van der Waals surface area (Å²) in [7, 11) is 0.